The Morgan fingerprint density at radius 1 is 1.32 bits per heavy atom. The molecule has 1 aromatic rings. The number of amides is 2. The summed E-state index contributed by atoms with van der Waals surface area (Å²) in [5.74, 6) is 0. The fourth-order valence-electron chi connectivity index (χ4n) is 2.59. The van der Waals surface area contributed by atoms with E-state index in [0.29, 0.717) is 26.3 Å². The summed E-state index contributed by atoms with van der Waals surface area (Å²) in [5, 5.41) is 6.40. The summed E-state index contributed by atoms with van der Waals surface area (Å²) < 4.78 is 5.26. The van der Waals surface area contributed by atoms with Gasteiger partial charge in [0, 0.05) is 31.0 Å². The maximum absolute atomic E-state index is 12.2. The number of nitrogens with zero attached hydrogens (tertiary/aromatic N) is 1. The SMILES string of the molecule is O=C(Nc1cccc2c1CCCN2)N1CCOCC1. The van der Waals surface area contributed by atoms with E-state index in [1.165, 1.54) is 5.56 Å². The van der Waals surface area contributed by atoms with Crippen molar-refractivity contribution in [2.75, 3.05) is 43.5 Å². The summed E-state index contributed by atoms with van der Waals surface area (Å²) in [5.41, 5.74) is 3.29. The standard InChI is InChI=1S/C14H19N3O2/c18-14(17-7-9-19-10-8-17)16-13-5-1-4-12-11(13)3-2-6-15-12/h1,4-5,15H,2-3,6-10H2,(H,16,18). The molecule has 0 atom stereocenters. The highest BCUT2D eigenvalue weighted by Crippen LogP contribution is 2.29. The second-order valence-electron chi connectivity index (χ2n) is 4.89. The van der Waals surface area contributed by atoms with Crippen LogP contribution in [-0.4, -0.2) is 43.8 Å². The molecule has 0 bridgehead atoms. The van der Waals surface area contributed by atoms with Crippen LogP contribution in [-0.2, 0) is 11.2 Å². The molecule has 19 heavy (non-hydrogen) atoms. The number of fused-ring (bicyclic) bond motifs is 1. The molecule has 102 valence electrons. The topological polar surface area (TPSA) is 53.6 Å². The number of hydrogen-bond donors (Lipinski definition) is 2. The first-order chi connectivity index (χ1) is 9.34. The van der Waals surface area contributed by atoms with Crippen LogP contribution in [0.1, 0.15) is 12.0 Å². The van der Waals surface area contributed by atoms with Crippen molar-refractivity contribution in [1.29, 1.82) is 0 Å². The van der Waals surface area contributed by atoms with Gasteiger partial charge in [0.15, 0.2) is 0 Å². The van der Waals surface area contributed by atoms with E-state index < -0.39 is 0 Å². The lowest BCUT2D eigenvalue weighted by Crippen LogP contribution is -2.43. The molecule has 0 radical (unpaired) electrons. The van der Waals surface area contributed by atoms with Crippen molar-refractivity contribution in [1.82, 2.24) is 4.90 Å². The molecule has 0 aromatic heterocycles. The number of morpholine rings is 1. The molecule has 5 nitrogen and oxygen atoms in total. The second-order valence-corrected chi connectivity index (χ2v) is 4.89. The first kappa shape index (κ1) is 12.3. The fraction of sp³-hybridized carbons (Fsp3) is 0.500. The minimum absolute atomic E-state index is 0.0257. The van der Waals surface area contributed by atoms with Gasteiger partial charge < -0.3 is 20.3 Å². The number of carbonyl (C=O) groups is 1. The van der Waals surface area contributed by atoms with Crippen molar-refractivity contribution in [3.8, 4) is 0 Å². The van der Waals surface area contributed by atoms with Crippen molar-refractivity contribution in [2.45, 2.75) is 12.8 Å². The lowest BCUT2D eigenvalue weighted by atomic mass is 10.0. The summed E-state index contributed by atoms with van der Waals surface area (Å²) >= 11 is 0. The van der Waals surface area contributed by atoms with E-state index in [0.717, 1.165) is 30.8 Å². The maximum Gasteiger partial charge on any atom is 0.322 e. The first-order valence-corrected chi connectivity index (χ1v) is 6.84. The van der Waals surface area contributed by atoms with Gasteiger partial charge in [-0.05, 0) is 30.5 Å². The predicted octanol–water partition coefficient (Wildman–Crippen LogP) is 1.91. The van der Waals surface area contributed by atoms with Gasteiger partial charge in [-0.3, -0.25) is 0 Å². The molecule has 1 aromatic carbocycles. The number of hydrogen-bond acceptors (Lipinski definition) is 3. The quantitative estimate of drug-likeness (QED) is 0.812. The Balaban J connectivity index is 1.74. The minimum Gasteiger partial charge on any atom is -0.385 e. The Labute approximate surface area is 112 Å². The zero-order chi connectivity index (χ0) is 13.1. The summed E-state index contributed by atoms with van der Waals surface area (Å²) in [6.45, 7) is 3.59. The third kappa shape index (κ3) is 2.66. The lowest BCUT2D eigenvalue weighted by Gasteiger charge is -2.28. The summed E-state index contributed by atoms with van der Waals surface area (Å²) in [7, 11) is 0. The van der Waals surface area contributed by atoms with Gasteiger partial charge in [0.2, 0.25) is 0 Å². The summed E-state index contributed by atoms with van der Waals surface area (Å²) in [4.78, 5) is 14.0. The highest BCUT2D eigenvalue weighted by atomic mass is 16.5. The van der Waals surface area contributed by atoms with Crippen molar-refractivity contribution in [2.24, 2.45) is 0 Å². The van der Waals surface area contributed by atoms with Crippen LogP contribution < -0.4 is 10.6 Å². The molecule has 2 heterocycles. The molecule has 2 aliphatic heterocycles. The highest BCUT2D eigenvalue weighted by Gasteiger charge is 2.19. The van der Waals surface area contributed by atoms with Gasteiger partial charge in [0.1, 0.15) is 0 Å². The normalized spacial score (nSPS) is 18.4. The Morgan fingerprint density at radius 3 is 3.00 bits per heavy atom. The van der Waals surface area contributed by atoms with E-state index in [1.807, 2.05) is 12.1 Å². The van der Waals surface area contributed by atoms with Crippen LogP contribution in [0, 0.1) is 0 Å². The number of nitrogens with one attached hydrogen (secondary N) is 2. The van der Waals surface area contributed by atoms with E-state index in [-0.39, 0.29) is 6.03 Å². The Kier molecular flexibility index (Phi) is 3.55. The third-order valence-corrected chi connectivity index (χ3v) is 3.63. The molecule has 5 heteroatoms. The smallest absolute Gasteiger partial charge is 0.322 e. The van der Waals surface area contributed by atoms with Gasteiger partial charge in [0.25, 0.3) is 0 Å². The van der Waals surface area contributed by atoms with E-state index in [1.54, 1.807) is 4.90 Å². The van der Waals surface area contributed by atoms with Crippen molar-refractivity contribution in [3.63, 3.8) is 0 Å². The largest absolute Gasteiger partial charge is 0.385 e. The summed E-state index contributed by atoms with van der Waals surface area (Å²) in [6, 6.07) is 6.00. The Morgan fingerprint density at radius 2 is 2.16 bits per heavy atom. The molecule has 0 spiro atoms. The molecule has 1 saturated heterocycles. The predicted molar refractivity (Wildman–Crippen MR) is 74.7 cm³/mol. The molecule has 2 amide bonds. The number of anilines is 2. The number of benzene rings is 1. The van der Waals surface area contributed by atoms with Gasteiger partial charge in [0.05, 0.1) is 13.2 Å². The van der Waals surface area contributed by atoms with Crippen molar-refractivity contribution in [3.05, 3.63) is 23.8 Å². The van der Waals surface area contributed by atoms with Crippen molar-refractivity contribution < 1.29 is 9.53 Å². The first-order valence-electron chi connectivity index (χ1n) is 6.84. The number of rotatable bonds is 1. The lowest BCUT2D eigenvalue weighted by molar-refractivity contribution is 0.0564. The molecule has 0 aliphatic carbocycles. The van der Waals surface area contributed by atoms with Gasteiger partial charge in [-0.2, -0.15) is 0 Å². The zero-order valence-corrected chi connectivity index (χ0v) is 10.9. The molecule has 2 N–H and O–H groups in total. The van der Waals surface area contributed by atoms with E-state index in [2.05, 4.69) is 16.7 Å². The van der Waals surface area contributed by atoms with Gasteiger partial charge in [-0.1, -0.05) is 6.07 Å². The molecule has 2 aliphatic rings. The zero-order valence-electron chi connectivity index (χ0n) is 10.9. The maximum atomic E-state index is 12.2. The third-order valence-electron chi connectivity index (χ3n) is 3.63. The van der Waals surface area contributed by atoms with E-state index >= 15 is 0 Å². The molecule has 3 rings (SSSR count). The second kappa shape index (κ2) is 5.48. The average molecular weight is 261 g/mol. The molecular weight excluding hydrogens is 242 g/mol. The van der Waals surface area contributed by atoms with Crippen LogP contribution in [0.2, 0.25) is 0 Å². The average Bonchev–Trinajstić information content (AvgIpc) is 2.48. The fourth-order valence-corrected chi connectivity index (χ4v) is 2.59. The molecular formula is C14H19N3O2. The summed E-state index contributed by atoms with van der Waals surface area (Å²) in [6.07, 6.45) is 2.12. The van der Waals surface area contributed by atoms with Gasteiger partial charge in [-0.15, -0.1) is 0 Å². The minimum atomic E-state index is -0.0257. The molecule has 1 fully saturated rings. The van der Waals surface area contributed by atoms with Crippen LogP contribution >= 0.6 is 0 Å². The van der Waals surface area contributed by atoms with Crippen LogP contribution in [0.15, 0.2) is 18.2 Å². The van der Waals surface area contributed by atoms with Crippen LogP contribution in [0.5, 0.6) is 0 Å². The molecule has 0 unspecified atom stereocenters. The Hall–Kier alpha value is -1.75. The van der Waals surface area contributed by atoms with E-state index in [9.17, 15) is 4.79 Å². The van der Waals surface area contributed by atoms with E-state index in [4.69, 9.17) is 4.74 Å². The van der Waals surface area contributed by atoms with Crippen LogP contribution in [0.3, 0.4) is 0 Å². The number of urea groups is 1. The molecule has 0 saturated carbocycles. The van der Waals surface area contributed by atoms with Crippen molar-refractivity contribution >= 4 is 17.4 Å². The van der Waals surface area contributed by atoms with Crippen LogP contribution in [0.4, 0.5) is 16.2 Å². The number of ether oxygens (including phenoxy) is 1. The van der Waals surface area contributed by atoms with Gasteiger partial charge in [-0.25, -0.2) is 4.79 Å². The van der Waals surface area contributed by atoms with Crippen LogP contribution in [0.25, 0.3) is 0 Å². The van der Waals surface area contributed by atoms with Gasteiger partial charge >= 0.3 is 6.03 Å². The monoisotopic (exact) mass is 261 g/mol. The Bertz CT molecular complexity index is 470. The highest BCUT2D eigenvalue weighted by molar-refractivity contribution is 5.91. The number of carbonyl (C=O) groups excluding carboxylic acids is 1.